The number of carbonyl (C=O) groups is 1. The molecule has 0 saturated heterocycles. The van der Waals surface area contributed by atoms with Crippen molar-refractivity contribution in [1.29, 1.82) is 0 Å². The maximum atomic E-state index is 11.8. The van der Waals surface area contributed by atoms with Crippen molar-refractivity contribution in [2.24, 2.45) is 0 Å². The summed E-state index contributed by atoms with van der Waals surface area (Å²) < 4.78 is 6.62. The number of fused-ring (bicyclic) bond motifs is 1. The SMILES string of the molecule is COC(=O)c1cccc2cnc(-c3ccccc3)n12. The highest BCUT2D eigenvalue weighted by Crippen LogP contribution is 2.21. The Bertz CT molecular complexity index is 732. The highest BCUT2D eigenvalue weighted by Gasteiger charge is 2.14. The number of ether oxygens (including phenoxy) is 1. The molecule has 4 heteroatoms. The lowest BCUT2D eigenvalue weighted by Crippen LogP contribution is -2.08. The molecule has 0 aliphatic carbocycles. The van der Waals surface area contributed by atoms with Crippen LogP contribution in [0.15, 0.2) is 54.7 Å². The topological polar surface area (TPSA) is 43.6 Å². The van der Waals surface area contributed by atoms with Gasteiger partial charge in [-0.25, -0.2) is 9.78 Å². The molecular weight excluding hydrogens is 240 g/mol. The van der Waals surface area contributed by atoms with Crippen LogP contribution in [-0.4, -0.2) is 22.5 Å². The van der Waals surface area contributed by atoms with E-state index in [-0.39, 0.29) is 5.97 Å². The quantitative estimate of drug-likeness (QED) is 0.659. The highest BCUT2D eigenvalue weighted by atomic mass is 16.5. The maximum Gasteiger partial charge on any atom is 0.355 e. The number of methoxy groups -OCH3 is 1. The normalized spacial score (nSPS) is 10.6. The number of nitrogens with zero attached hydrogens (tertiary/aromatic N) is 2. The lowest BCUT2D eigenvalue weighted by Gasteiger charge is -2.07. The number of hydrogen-bond donors (Lipinski definition) is 0. The van der Waals surface area contributed by atoms with E-state index in [0.29, 0.717) is 5.69 Å². The van der Waals surface area contributed by atoms with Crippen LogP contribution in [0.25, 0.3) is 16.9 Å². The van der Waals surface area contributed by atoms with Crippen molar-refractivity contribution in [2.45, 2.75) is 0 Å². The van der Waals surface area contributed by atoms with Crippen molar-refractivity contribution in [2.75, 3.05) is 7.11 Å². The fraction of sp³-hybridized carbons (Fsp3) is 0.0667. The zero-order valence-corrected chi connectivity index (χ0v) is 10.4. The molecule has 2 aromatic heterocycles. The second-order valence-corrected chi connectivity index (χ2v) is 4.11. The first-order valence-electron chi connectivity index (χ1n) is 5.91. The minimum absolute atomic E-state index is 0.374. The van der Waals surface area contributed by atoms with Crippen molar-refractivity contribution in [3.8, 4) is 11.4 Å². The van der Waals surface area contributed by atoms with Gasteiger partial charge in [-0.15, -0.1) is 0 Å². The van der Waals surface area contributed by atoms with Crippen LogP contribution >= 0.6 is 0 Å². The molecule has 19 heavy (non-hydrogen) atoms. The summed E-state index contributed by atoms with van der Waals surface area (Å²) in [7, 11) is 1.38. The van der Waals surface area contributed by atoms with Crippen LogP contribution in [0.4, 0.5) is 0 Å². The van der Waals surface area contributed by atoms with Gasteiger partial charge in [0.25, 0.3) is 0 Å². The number of esters is 1. The summed E-state index contributed by atoms with van der Waals surface area (Å²) in [5, 5.41) is 0. The molecule has 1 aromatic carbocycles. The van der Waals surface area contributed by atoms with Crippen LogP contribution in [0.3, 0.4) is 0 Å². The third-order valence-corrected chi connectivity index (χ3v) is 2.98. The van der Waals surface area contributed by atoms with Gasteiger partial charge in [0.1, 0.15) is 11.5 Å². The van der Waals surface area contributed by atoms with Gasteiger partial charge in [-0.3, -0.25) is 4.40 Å². The van der Waals surface area contributed by atoms with E-state index >= 15 is 0 Å². The summed E-state index contributed by atoms with van der Waals surface area (Å²) in [6.45, 7) is 0. The Balaban J connectivity index is 2.30. The van der Waals surface area contributed by atoms with E-state index in [1.165, 1.54) is 7.11 Å². The van der Waals surface area contributed by atoms with E-state index in [2.05, 4.69) is 4.98 Å². The number of pyridine rings is 1. The summed E-state index contributed by atoms with van der Waals surface area (Å²) in [5.41, 5.74) is 2.29. The Hall–Kier alpha value is -2.62. The number of benzene rings is 1. The summed E-state index contributed by atoms with van der Waals surface area (Å²) in [4.78, 5) is 16.2. The van der Waals surface area contributed by atoms with Gasteiger partial charge in [0.15, 0.2) is 0 Å². The molecule has 0 saturated carbocycles. The van der Waals surface area contributed by atoms with Crippen molar-refractivity contribution in [1.82, 2.24) is 9.38 Å². The molecule has 0 fully saturated rings. The van der Waals surface area contributed by atoms with Gasteiger partial charge in [0, 0.05) is 5.56 Å². The van der Waals surface area contributed by atoms with Crippen LogP contribution in [0.2, 0.25) is 0 Å². The third kappa shape index (κ3) is 1.87. The van der Waals surface area contributed by atoms with E-state index in [4.69, 9.17) is 4.74 Å². The zero-order valence-electron chi connectivity index (χ0n) is 10.4. The Morgan fingerprint density at radius 3 is 2.63 bits per heavy atom. The van der Waals surface area contributed by atoms with Crippen molar-refractivity contribution in [3.05, 3.63) is 60.4 Å². The Kier molecular flexibility index (Phi) is 2.76. The van der Waals surface area contributed by atoms with Crippen LogP contribution in [0.5, 0.6) is 0 Å². The van der Waals surface area contributed by atoms with Crippen LogP contribution in [-0.2, 0) is 4.74 Å². The molecule has 0 unspecified atom stereocenters. The molecule has 0 atom stereocenters. The van der Waals surface area contributed by atoms with Gasteiger partial charge in [0.2, 0.25) is 0 Å². The van der Waals surface area contributed by atoms with Crippen molar-refractivity contribution < 1.29 is 9.53 Å². The molecule has 0 aliphatic heterocycles. The maximum absolute atomic E-state index is 11.8. The molecule has 0 radical (unpaired) electrons. The van der Waals surface area contributed by atoms with E-state index in [9.17, 15) is 4.79 Å². The van der Waals surface area contributed by atoms with Gasteiger partial charge in [-0.1, -0.05) is 36.4 Å². The second-order valence-electron chi connectivity index (χ2n) is 4.11. The van der Waals surface area contributed by atoms with Crippen molar-refractivity contribution >= 4 is 11.5 Å². The minimum Gasteiger partial charge on any atom is -0.464 e. The average Bonchev–Trinajstić information content (AvgIpc) is 2.91. The Labute approximate surface area is 110 Å². The van der Waals surface area contributed by atoms with Gasteiger partial charge in [-0.05, 0) is 12.1 Å². The second kappa shape index (κ2) is 4.57. The predicted octanol–water partition coefficient (Wildman–Crippen LogP) is 2.79. The summed E-state index contributed by atoms with van der Waals surface area (Å²) in [6.07, 6.45) is 1.74. The lowest BCUT2D eigenvalue weighted by atomic mass is 10.2. The molecule has 0 N–H and O–H groups in total. The third-order valence-electron chi connectivity index (χ3n) is 2.98. The van der Waals surface area contributed by atoms with Crippen molar-refractivity contribution in [3.63, 3.8) is 0 Å². The van der Waals surface area contributed by atoms with E-state index in [1.54, 1.807) is 16.7 Å². The van der Waals surface area contributed by atoms with Gasteiger partial charge >= 0.3 is 5.97 Å². The van der Waals surface area contributed by atoms with Crippen LogP contribution in [0.1, 0.15) is 10.5 Å². The smallest absolute Gasteiger partial charge is 0.355 e. The molecule has 0 amide bonds. The fourth-order valence-electron chi connectivity index (χ4n) is 2.10. The molecule has 0 bridgehead atoms. The molecule has 0 spiro atoms. The predicted molar refractivity (Wildman–Crippen MR) is 72.0 cm³/mol. The Morgan fingerprint density at radius 1 is 1.11 bits per heavy atom. The van der Waals surface area contributed by atoms with E-state index in [0.717, 1.165) is 16.9 Å². The minimum atomic E-state index is -0.374. The number of imidazole rings is 1. The lowest BCUT2D eigenvalue weighted by molar-refractivity contribution is 0.0592. The average molecular weight is 252 g/mol. The van der Waals surface area contributed by atoms with Crippen LogP contribution < -0.4 is 0 Å². The van der Waals surface area contributed by atoms with E-state index < -0.39 is 0 Å². The number of carbonyl (C=O) groups excluding carboxylic acids is 1. The summed E-state index contributed by atoms with van der Waals surface area (Å²) in [5.74, 6) is 0.359. The standard InChI is InChI=1S/C15H12N2O2/c1-19-15(18)13-9-5-8-12-10-16-14(17(12)13)11-6-3-2-4-7-11/h2-10H,1H3. The number of rotatable bonds is 2. The van der Waals surface area contributed by atoms with Gasteiger partial charge in [0.05, 0.1) is 18.8 Å². The molecule has 4 nitrogen and oxygen atoms in total. The molecule has 94 valence electrons. The molecule has 3 rings (SSSR count). The molecule has 2 heterocycles. The Morgan fingerprint density at radius 2 is 1.89 bits per heavy atom. The first-order chi connectivity index (χ1) is 9.31. The summed E-state index contributed by atoms with van der Waals surface area (Å²) >= 11 is 0. The van der Waals surface area contributed by atoms with E-state index in [1.807, 2.05) is 42.5 Å². The number of aromatic nitrogens is 2. The molecule has 0 aliphatic rings. The zero-order chi connectivity index (χ0) is 13.2. The largest absolute Gasteiger partial charge is 0.464 e. The highest BCUT2D eigenvalue weighted by molar-refractivity contribution is 5.89. The molecular formula is C15H12N2O2. The fourth-order valence-corrected chi connectivity index (χ4v) is 2.10. The summed E-state index contributed by atoms with van der Waals surface area (Å²) in [6, 6.07) is 15.2. The first kappa shape index (κ1) is 11.5. The monoisotopic (exact) mass is 252 g/mol. The van der Waals surface area contributed by atoms with Gasteiger partial charge < -0.3 is 4.74 Å². The van der Waals surface area contributed by atoms with Crippen LogP contribution in [0, 0.1) is 0 Å². The van der Waals surface area contributed by atoms with Gasteiger partial charge in [-0.2, -0.15) is 0 Å². The first-order valence-corrected chi connectivity index (χ1v) is 5.91. The number of hydrogen-bond acceptors (Lipinski definition) is 3. The molecule has 3 aromatic rings.